The molecule has 84 valence electrons. The van der Waals surface area contributed by atoms with E-state index in [4.69, 9.17) is 26.8 Å². The molecular weight excluding hydrogens is 218 g/mol. The van der Waals surface area contributed by atoms with Crippen LogP contribution in [0.2, 0.25) is 5.15 Å². The number of aromatic nitrogens is 2. The minimum absolute atomic E-state index is 0.0982. The molecule has 1 rings (SSSR count). The van der Waals surface area contributed by atoms with Gasteiger partial charge in [-0.05, 0) is 13.8 Å². The molecule has 1 aromatic heterocycles. The van der Waals surface area contributed by atoms with Gasteiger partial charge in [0, 0.05) is 12.7 Å². The Labute approximate surface area is 93.6 Å². The van der Waals surface area contributed by atoms with Crippen LogP contribution in [0.5, 0.6) is 5.88 Å². The minimum Gasteiger partial charge on any atom is -0.472 e. The summed E-state index contributed by atoms with van der Waals surface area (Å²) < 4.78 is 10.6. The Morgan fingerprint density at radius 3 is 2.87 bits per heavy atom. The number of nitrogens with two attached hydrogens (primary N) is 1. The number of rotatable bonds is 5. The molecule has 0 spiro atoms. The third-order valence-electron chi connectivity index (χ3n) is 1.57. The molecule has 0 saturated carbocycles. The van der Waals surface area contributed by atoms with Gasteiger partial charge in [0.2, 0.25) is 11.8 Å². The van der Waals surface area contributed by atoms with Gasteiger partial charge in [0.25, 0.3) is 0 Å². The molecule has 2 N–H and O–H groups in total. The highest BCUT2D eigenvalue weighted by Gasteiger charge is 2.07. The van der Waals surface area contributed by atoms with Gasteiger partial charge < -0.3 is 15.2 Å². The van der Waals surface area contributed by atoms with Gasteiger partial charge in [0.15, 0.2) is 0 Å². The van der Waals surface area contributed by atoms with Crippen molar-refractivity contribution < 1.29 is 9.47 Å². The molecule has 0 radical (unpaired) electrons. The first kappa shape index (κ1) is 12.0. The summed E-state index contributed by atoms with van der Waals surface area (Å²) in [5.41, 5.74) is 5.42. The first-order valence-electron chi connectivity index (χ1n) is 4.66. The van der Waals surface area contributed by atoms with Crippen LogP contribution in [0.4, 0.5) is 5.95 Å². The number of halogens is 1. The summed E-state index contributed by atoms with van der Waals surface area (Å²) in [6.45, 7) is 4.95. The molecule has 15 heavy (non-hydrogen) atoms. The van der Waals surface area contributed by atoms with Crippen LogP contribution >= 0.6 is 11.6 Å². The highest BCUT2D eigenvalue weighted by Crippen LogP contribution is 2.15. The lowest BCUT2D eigenvalue weighted by molar-refractivity contribution is 0.0634. The lowest BCUT2D eigenvalue weighted by atomic mass is 10.4. The van der Waals surface area contributed by atoms with Gasteiger partial charge in [-0.25, -0.2) is 4.98 Å². The van der Waals surface area contributed by atoms with Crippen molar-refractivity contribution in [3.8, 4) is 5.88 Å². The summed E-state index contributed by atoms with van der Waals surface area (Å²) in [5, 5.41) is 0.265. The summed E-state index contributed by atoms with van der Waals surface area (Å²) in [6, 6.07) is 1.51. The van der Waals surface area contributed by atoms with Gasteiger partial charge >= 0.3 is 0 Å². The molecular formula is C9H14ClN3O2. The fourth-order valence-corrected chi connectivity index (χ4v) is 1.18. The Morgan fingerprint density at radius 2 is 2.27 bits per heavy atom. The van der Waals surface area contributed by atoms with Crippen LogP contribution in [-0.2, 0) is 4.74 Å². The molecule has 1 aromatic rings. The zero-order valence-corrected chi connectivity index (χ0v) is 9.49. The van der Waals surface area contributed by atoms with E-state index in [1.807, 2.05) is 13.8 Å². The van der Waals surface area contributed by atoms with Gasteiger partial charge in [0.05, 0.1) is 6.61 Å². The van der Waals surface area contributed by atoms with E-state index in [9.17, 15) is 0 Å². The molecule has 0 amide bonds. The second-order valence-electron chi connectivity index (χ2n) is 2.98. The number of hydrogen-bond acceptors (Lipinski definition) is 5. The summed E-state index contributed by atoms with van der Waals surface area (Å²) in [5.74, 6) is 0.459. The van der Waals surface area contributed by atoms with Gasteiger partial charge in [0.1, 0.15) is 11.3 Å². The van der Waals surface area contributed by atoms with Crippen LogP contribution in [0, 0.1) is 0 Å². The van der Waals surface area contributed by atoms with E-state index in [-0.39, 0.29) is 17.2 Å². The van der Waals surface area contributed by atoms with Crippen molar-refractivity contribution in [1.29, 1.82) is 0 Å². The molecule has 0 aliphatic heterocycles. The molecule has 6 heteroatoms. The fourth-order valence-electron chi connectivity index (χ4n) is 0.998. The topological polar surface area (TPSA) is 70.3 Å². The number of ether oxygens (including phenoxy) is 2. The summed E-state index contributed by atoms with van der Waals surface area (Å²) >= 11 is 5.70. The average molecular weight is 232 g/mol. The Bertz CT molecular complexity index is 302. The van der Waals surface area contributed by atoms with Crippen LogP contribution in [0.15, 0.2) is 6.07 Å². The summed E-state index contributed by atoms with van der Waals surface area (Å²) in [7, 11) is 0. The van der Waals surface area contributed by atoms with E-state index < -0.39 is 0 Å². The third-order valence-corrected chi connectivity index (χ3v) is 1.76. The van der Waals surface area contributed by atoms with Gasteiger partial charge in [-0.2, -0.15) is 4.98 Å². The van der Waals surface area contributed by atoms with Crippen molar-refractivity contribution in [2.75, 3.05) is 18.9 Å². The second-order valence-corrected chi connectivity index (χ2v) is 3.36. The lowest BCUT2D eigenvalue weighted by Crippen LogP contribution is -2.19. The Balaban J connectivity index is 2.56. The van der Waals surface area contributed by atoms with Crippen molar-refractivity contribution in [2.45, 2.75) is 20.0 Å². The molecule has 1 heterocycles. The van der Waals surface area contributed by atoms with Crippen molar-refractivity contribution >= 4 is 17.5 Å². The highest BCUT2D eigenvalue weighted by atomic mass is 35.5. The van der Waals surface area contributed by atoms with E-state index in [2.05, 4.69) is 9.97 Å². The highest BCUT2D eigenvalue weighted by molar-refractivity contribution is 6.29. The fraction of sp³-hybridized carbons (Fsp3) is 0.556. The first-order chi connectivity index (χ1) is 7.11. The smallest absolute Gasteiger partial charge is 0.224 e. The van der Waals surface area contributed by atoms with Crippen LogP contribution in [-0.4, -0.2) is 29.3 Å². The molecule has 0 aliphatic carbocycles. The number of anilines is 1. The standard InChI is InChI=1S/C9H14ClN3O2/c1-3-14-5-6(2)15-8-4-7(10)12-9(11)13-8/h4,6H,3,5H2,1-2H3,(H2,11,12,13). The third kappa shape index (κ3) is 4.31. The van der Waals surface area contributed by atoms with E-state index >= 15 is 0 Å². The summed E-state index contributed by atoms with van der Waals surface area (Å²) in [4.78, 5) is 7.61. The van der Waals surface area contributed by atoms with Gasteiger partial charge in [-0.15, -0.1) is 0 Å². The molecule has 1 unspecified atom stereocenters. The predicted molar refractivity (Wildman–Crippen MR) is 58.0 cm³/mol. The molecule has 0 saturated heterocycles. The van der Waals surface area contributed by atoms with Gasteiger partial charge in [-0.1, -0.05) is 11.6 Å². The van der Waals surface area contributed by atoms with E-state index in [0.29, 0.717) is 19.1 Å². The van der Waals surface area contributed by atoms with Crippen molar-refractivity contribution in [3.05, 3.63) is 11.2 Å². The number of nitrogens with zero attached hydrogens (tertiary/aromatic N) is 2. The van der Waals surface area contributed by atoms with Crippen LogP contribution in [0.3, 0.4) is 0 Å². The molecule has 5 nitrogen and oxygen atoms in total. The van der Waals surface area contributed by atoms with E-state index in [0.717, 1.165) is 0 Å². The molecule has 0 aromatic carbocycles. The van der Waals surface area contributed by atoms with Gasteiger partial charge in [-0.3, -0.25) is 0 Å². The maximum absolute atomic E-state index is 5.70. The monoisotopic (exact) mass is 231 g/mol. The number of nitrogen functional groups attached to an aromatic ring is 1. The minimum atomic E-state index is -0.102. The molecule has 0 bridgehead atoms. The SMILES string of the molecule is CCOCC(C)Oc1cc(Cl)nc(N)n1. The van der Waals surface area contributed by atoms with E-state index in [1.54, 1.807) is 0 Å². The Morgan fingerprint density at radius 1 is 1.53 bits per heavy atom. The normalized spacial score (nSPS) is 12.5. The molecule has 0 aliphatic rings. The zero-order chi connectivity index (χ0) is 11.3. The largest absolute Gasteiger partial charge is 0.472 e. The maximum atomic E-state index is 5.70. The molecule has 0 fully saturated rings. The first-order valence-corrected chi connectivity index (χ1v) is 5.04. The molecule has 1 atom stereocenters. The van der Waals surface area contributed by atoms with Crippen molar-refractivity contribution in [1.82, 2.24) is 9.97 Å². The van der Waals surface area contributed by atoms with Crippen molar-refractivity contribution in [2.24, 2.45) is 0 Å². The van der Waals surface area contributed by atoms with Crippen molar-refractivity contribution in [3.63, 3.8) is 0 Å². The zero-order valence-electron chi connectivity index (χ0n) is 8.74. The van der Waals surface area contributed by atoms with Crippen LogP contribution in [0.1, 0.15) is 13.8 Å². The average Bonchev–Trinajstić information content (AvgIpc) is 2.13. The van der Waals surface area contributed by atoms with Crippen LogP contribution < -0.4 is 10.5 Å². The predicted octanol–water partition coefficient (Wildman–Crippen LogP) is 1.52. The lowest BCUT2D eigenvalue weighted by Gasteiger charge is -2.13. The second kappa shape index (κ2) is 5.72. The maximum Gasteiger partial charge on any atom is 0.224 e. The quantitative estimate of drug-likeness (QED) is 0.778. The Hall–Kier alpha value is -1.07. The van der Waals surface area contributed by atoms with Crippen LogP contribution in [0.25, 0.3) is 0 Å². The van der Waals surface area contributed by atoms with E-state index in [1.165, 1.54) is 6.07 Å². The summed E-state index contributed by atoms with van der Waals surface area (Å²) in [6.07, 6.45) is -0.102. The Kier molecular flexibility index (Phi) is 4.58. The number of hydrogen-bond donors (Lipinski definition) is 1.